The van der Waals surface area contributed by atoms with Crippen molar-refractivity contribution < 1.29 is 9.47 Å². The molecule has 114 valence electrons. The topological polar surface area (TPSA) is 30.5 Å². The number of hydrogen-bond acceptors (Lipinski definition) is 3. The molecule has 0 saturated heterocycles. The molecule has 0 spiro atoms. The number of nitrogens with one attached hydrogen (secondary N) is 1. The summed E-state index contributed by atoms with van der Waals surface area (Å²) in [6.07, 6.45) is 0. The molecular formula is C17H29NO2. The lowest BCUT2D eigenvalue weighted by Gasteiger charge is -2.25. The molecular weight excluding hydrogens is 250 g/mol. The molecule has 1 aromatic carbocycles. The molecule has 20 heavy (non-hydrogen) atoms. The molecule has 0 fully saturated rings. The van der Waals surface area contributed by atoms with E-state index < -0.39 is 0 Å². The molecule has 2 atom stereocenters. The highest BCUT2D eigenvalue weighted by Crippen LogP contribution is 2.38. The van der Waals surface area contributed by atoms with Gasteiger partial charge < -0.3 is 14.8 Å². The molecule has 1 rings (SSSR count). The van der Waals surface area contributed by atoms with Crippen molar-refractivity contribution in [3.05, 3.63) is 23.8 Å². The molecule has 0 bridgehead atoms. The van der Waals surface area contributed by atoms with Gasteiger partial charge in [0.05, 0.1) is 14.2 Å². The van der Waals surface area contributed by atoms with Gasteiger partial charge in [0.25, 0.3) is 0 Å². The third-order valence-corrected chi connectivity index (χ3v) is 3.79. The highest BCUT2D eigenvalue weighted by Gasteiger charge is 2.22. The average Bonchev–Trinajstić information content (AvgIpc) is 2.44. The van der Waals surface area contributed by atoms with E-state index in [4.69, 9.17) is 9.47 Å². The van der Waals surface area contributed by atoms with Crippen LogP contribution in [0, 0.1) is 11.8 Å². The summed E-state index contributed by atoms with van der Waals surface area (Å²) in [5, 5.41) is 3.53. The molecule has 0 radical (unpaired) electrons. The minimum atomic E-state index is 0.376. The SMILES string of the molecule is COc1cccc(OC)c1C(C)C(C)CNCC(C)C. The first-order chi connectivity index (χ1) is 9.51. The Morgan fingerprint density at radius 2 is 1.50 bits per heavy atom. The van der Waals surface area contributed by atoms with Crippen LogP contribution in [-0.4, -0.2) is 27.3 Å². The van der Waals surface area contributed by atoms with E-state index in [2.05, 4.69) is 33.0 Å². The third kappa shape index (κ3) is 4.41. The Bertz CT molecular complexity index is 382. The van der Waals surface area contributed by atoms with E-state index in [1.807, 2.05) is 18.2 Å². The molecule has 0 heterocycles. The Labute approximate surface area is 123 Å². The number of benzene rings is 1. The van der Waals surface area contributed by atoms with E-state index in [9.17, 15) is 0 Å². The lowest BCUT2D eigenvalue weighted by molar-refractivity contribution is 0.360. The fourth-order valence-corrected chi connectivity index (χ4v) is 2.39. The first kappa shape index (κ1) is 16.8. The zero-order chi connectivity index (χ0) is 15.1. The molecule has 2 unspecified atom stereocenters. The van der Waals surface area contributed by atoms with Crippen molar-refractivity contribution in [3.63, 3.8) is 0 Å². The van der Waals surface area contributed by atoms with Crippen LogP contribution in [0.1, 0.15) is 39.2 Å². The molecule has 1 aromatic rings. The van der Waals surface area contributed by atoms with E-state index in [0.717, 1.165) is 30.2 Å². The molecule has 0 saturated carbocycles. The molecule has 0 aliphatic carbocycles. The zero-order valence-electron chi connectivity index (χ0n) is 13.7. The van der Waals surface area contributed by atoms with Crippen molar-refractivity contribution in [2.75, 3.05) is 27.3 Å². The van der Waals surface area contributed by atoms with Gasteiger partial charge in [-0.3, -0.25) is 0 Å². The summed E-state index contributed by atoms with van der Waals surface area (Å²) in [6.45, 7) is 11.0. The summed E-state index contributed by atoms with van der Waals surface area (Å²) in [5.74, 6) is 3.39. The molecule has 0 aliphatic rings. The summed E-state index contributed by atoms with van der Waals surface area (Å²) in [7, 11) is 3.43. The maximum atomic E-state index is 5.50. The monoisotopic (exact) mass is 279 g/mol. The van der Waals surface area contributed by atoms with Gasteiger partial charge in [-0.1, -0.05) is 33.8 Å². The van der Waals surface area contributed by atoms with Crippen molar-refractivity contribution >= 4 is 0 Å². The van der Waals surface area contributed by atoms with Crippen molar-refractivity contribution in [2.24, 2.45) is 11.8 Å². The molecule has 0 aromatic heterocycles. The van der Waals surface area contributed by atoms with Crippen molar-refractivity contribution in [3.8, 4) is 11.5 Å². The van der Waals surface area contributed by atoms with E-state index in [1.54, 1.807) is 14.2 Å². The summed E-state index contributed by atoms with van der Waals surface area (Å²) < 4.78 is 11.0. The largest absolute Gasteiger partial charge is 0.496 e. The Hall–Kier alpha value is -1.22. The van der Waals surface area contributed by atoms with Gasteiger partial charge in [0.15, 0.2) is 0 Å². The lowest BCUT2D eigenvalue weighted by Crippen LogP contribution is -2.27. The minimum Gasteiger partial charge on any atom is -0.496 e. The number of hydrogen-bond donors (Lipinski definition) is 1. The number of rotatable bonds is 8. The molecule has 0 amide bonds. The minimum absolute atomic E-state index is 0.376. The number of ether oxygens (including phenoxy) is 2. The van der Waals surface area contributed by atoms with Gasteiger partial charge >= 0.3 is 0 Å². The maximum Gasteiger partial charge on any atom is 0.126 e. The van der Waals surface area contributed by atoms with Crippen LogP contribution in [0.2, 0.25) is 0 Å². The predicted octanol–water partition coefficient (Wildman–Crippen LogP) is 3.69. The standard InChI is InChI=1S/C17H29NO2/c1-12(2)10-18-11-13(3)14(4)17-15(19-5)8-7-9-16(17)20-6/h7-9,12-14,18H,10-11H2,1-6H3. The van der Waals surface area contributed by atoms with Crippen molar-refractivity contribution in [2.45, 2.75) is 33.6 Å². The van der Waals surface area contributed by atoms with Gasteiger partial charge in [0.2, 0.25) is 0 Å². The fraction of sp³-hybridized carbons (Fsp3) is 0.647. The van der Waals surface area contributed by atoms with Crippen LogP contribution >= 0.6 is 0 Å². The maximum absolute atomic E-state index is 5.50. The molecule has 3 nitrogen and oxygen atoms in total. The highest BCUT2D eigenvalue weighted by molar-refractivity contribution is 5.47. The van der Waals surface area contributed by atoms with Gasteiger partial charge in [-0.15, -0.1) is 0 Å². The fourth-order valence-electron chi connectivity index (χ4n) is 2.39. The molecule has 1 N–H and O–H groups in total. The first-order valence-corrected chi connectivity index (χ1v) is 7.42. The van der Waals surface area contributed by atoms with Gasteiger partial charge in [-0.2, -0.15) is 0 Å². The normalized spacial score (nSPS) is 14.2. The third-order valence-electron chi connectivity index (χ3n) is 3.79. The van der Waals surface area contributed by atoms with E-state index in [-0.39, 0.29) is 0 Å². The van der Waals surface area contributed by atoms with Crippen molar-refractivity contribution in [1.82, 2.24) is 5.32 Å². The summed E-state index contributed by atoms with van der Waals surface area (Å²) in [6, 6.07) is 5.97. The van der Waals surface area contributed by atoms with Crippen LogP contribution in [-0.2, 0) is 0 Å². The summed E-state index contributed by atoms with van der Waals surface area (Å²) in [5.41, 5.74) is 1.16. The smallest absolute Gasteiger partial charge is 0.126 e. The van der Waals surface area contributed by atoms with Crippen LogP contribution < -0.4 is 14.8 Å². The number of methoxy groups -OCH3 is 2. The lowest BCUT2D eigenvalue weighted by atomic mass is 9.87. The van der Waals surface area contributed by atoms with Crippen LogP contribution in [0.25, 0.3) is 0 Å². The van der Waals surface area contributed by atoms with E-state index in [0.29, 0.717) is 17.8 Å². The quantitative estimate of drug-likeness (QED) is 0.787. The van der Waals surface area contributed by atoms with Crippen LogP contribution in [0.15, 0.2) is 18.2 Å². The van der Waals surface area contributed by atoms with Crippen LogP contribution in [0.4, 0.5) is 0 Å². The zero-order valence-corrected chi connectivity index (χ0v) is 13.7. The summed E-state index contributed by atoms with van der Waals surface area (Å²) in [4.78, 5) is 0. The van der Waals surface area contributed by atoms with E-state index >= 15 is 0 Å². The van der Waals surface area contributed by atoms with Gasteiger partial charge in [0.1, 0.15) is 11.5 Å². The van der Waals surface area contributed by atoms with E-state index in [1.165, 1.54) is 0 Å². The Balaban J connectivity index is 2.82. The second kappa shape index (κ2) is 8.15. The second-order valence-corrected chi connectivity index (χ2v) is 5.89. The Morgan fingerprint density at radius 1 is 0.950 bits per heavy atom. The Kier molecular flexibility index (Phi) is 6.86. The second-order valence-electron chi connectivity index (χ2n) is 5.89. The van der Waals surface area contributed by atoms with Gasteiger partial charge in [-0.05, 0) is 43.0 Å². The first-order valence-electron chi connectivity index (χ1n) is 7.42. The van der Waals surface area contributed by atoms with Gasteiger partial charge in [-0.25, -0.2) is 0 Å². The van der Waals surface area contributed by atoms with Crippen LogP contribution in [0.5, 0.6) is 11.5 Å². The van der Waals surface area contributed by atoms with Gasteiger partial charge in [0, 0.05) is 5.56 Å². The average molecular weight is 279 g/mol. The summed E-state index contributed by atoms with van der Waals surface area (Å²) >= 11 is 0. The highest BCUT2D eigenvalue weighted by atomic mass is 16.5. The predicted molar refractivity (Wildman–Crippen MR) is 84.8 cm³/mol. The Morgan fingerprint density at radius 3 is 1.95 bits per heavy atom. The molecule has 3 heteroatoms. The van der Waals surface area contributed by atoms with Crippen LogP contribution in [0.3, 0.4) is 0 Å². The molecule has 0 aliphatic heterocycles. The van der Waals surface area contributed by atoms with Crippen molar-refractivity contribution in [1.29, 1.82) is 0 Å².